The minimum absolute atomic E-state index is 0.0455. The van der Waals surface area contributed by atoms with Crippen LogP contribution in [0.3, 0.4) is 0 Å². The molecule has 1 N–H and O–H groups in total. The first-order valence-corrected chi connectivity index (χ1v) is 7.81. The van der Waals surface area contributed by atoms with Crippen molar-refractivity contribution in [2.45, 2.75) is 6.54 Å². The summed E-state index contributed by atoms with van der Waals surface area (Å²) >= 11 is 5.88. The van der Waals surface area contributed by atoms with Crippen LogP contribution < -0.4 is 5.32 Å². The monoisotopic (exact) mass is 353 g/mol. The topological polar surface area (TPSA) is 90.0 Å². The molecule has 0 saturated carbocycles. The number of hydrogen-bond acceptors (Lipinski definition) is 5. The van der Waals surface area contributed by atoms with Gasteiger partial charge in [-0.25, -0.2) is 9.50 Å². The van der Waals surface area contributed by atoms with Crippen molar-refractivity contribution in [1.82, 2.24) is 29.4 Å². The molecule has 124 valence electrons. The number of nitrogens with one attached hydrogen (secondary N) is 1. The number of amides is 1. The quantitative estimate of drug-likeness (QED) is 0.608. The van der Waals surface area contributed by atoms with E-state index in [1.165, 1.54) is 4.52 Å². The number of benzene rings is 1. The number of hydrogen-bond donors (Lipinski definition) is 1. The molecule has 0 aliphatic heterocycles. The highest BCUT2D eigenvalue weighted by atomic mass is 35.5. The number of nitrogens with zero attached hydrogens (tertiary/aromatic N) is 6. The summed E-state index contributed by atoms with van der Waals surface area (Å²) in [4.78, 5) is 20.4. The van der Waals surface area contributed by atoms with E-state index in [0.717, 1.165) is 5.56 Å². The molecule has 25 heavy (non-hydrogen) atoms. The van der Waals surface area contributed by atoms with Gasteiger partial charge in [0.2, 0.25) is 5.82 Å². The summed E-state index contributed by atoms with van der Waals surface area (Å²) in [6.45, 7) is 0.573. The van der Waals surface area contributed by atoms with Crippen molar-refractivity contribution in [3.8, 4) is 0 Å². The number of anilines is 1. The van der Waals surface area contributed by atoms with Crippen molar-refractivity contribution < 1.29 is 4.79 Å². The molecule has 0 saturated heterocycles. The van der Waals surface area contributed by atoms with E-state index in [1.54, 1.807) is 35.5 Å². The fraction of sp³-hybridized carbons (Fsp3) is 0.0625. The Balaban J connectivity index is 1.46. The normalized spacial score (nSPS) is 10.9. The van der Waals surface area contributed by atoms with Gasteiger partial charge in [0.05, 0.1) is 18.4 Å². The Morgan fingerprint density at radius 1 is 1.24 bits per heavy atom. The smallest absolute Gasteiger partial charge is 0.295 e. The zero-order chi connectivity index (χ0) is 17.2. The van der Waals surface area contributed by atoms with E-state index in [4.69, 9.17) is 11.6 Å². The van der Waals surface area contributed by atoms with Crippen LogP contribution in [0.25, 0.3) is 5.78 Å². The van der Waals surface area contributed by atoms with Crippen LogP contribution in [0.15, 0.2) is 55.1 Å². The predicted octanol–water partition coefficient (Wildman–Crippen LogP) is 2.27. The van der Waals surface area contributed by atoms with Gasteiger partial charge in [0, 0.05) is 23.6 Å². The molecule has 1 amide bonds. The molecule has 3 heterocycles. The largest absolute Gasteiger partial charge is 0.316 e. The van der Waals surface area contributed by atoms with Crippen molar-refractivity contribution in [1.29, 1.82) is 0 Å². The van der Waals surface area contributed by atoms with E-state index in [1.807, 2.05) is 24.3 Å². The molecular formula is C16H12ClN7O. The van der Waals surface area contributed by atoms with Gasteiger partial charge in [0.15, 0.2) is 0 Å². The maximum atomic E-state index is 12.3. The van der Waals surface area contributed by atoms with E-state index in [9.17, 15) is 4.79 Å². The van der Waals surface area contributed by atoms with Crippen LogP contribution in [0.5, 0.6) is 0 Å². The van der Waals surface area contributed by atoms with Crippen LogP contribution in [-0.2, 0) is 6.54 Å². The molecule has 0 fully saturated rings. The Morgan fingerprint density at radius 3 is 2.88 bits per heavy atom. The Bertz CT molecular complexity index is 1010. The second kappa shape index (κ2) is 6.33. The average Bonchev–Trinajstić information content (AvgIpc) is 3.23. The number of rotatable bonds is 4. The molecule has 0 unspecified atom stereocenters. The van der Waals surface area contributed by atoms with Crippen molar-refractivity contribution in [3.05, 3.63) is 71.5 Å². The molecule has 8 nitrogen and oxygen atoms in total. The Labute approximate surface area is 147 Å². The van der Waals surface area contributed by atoms with Gasteiger partial charge < -0.3 is 5.32 Å². The number of carbonyl (C=O) groups excluding carboxylic acids is 1. The first-order chi connectivity index (χ1) is 12.2. The van der Waals surface area contributed by atoms with Crippen molar-refractivity contribution >= 4 is 29.0 Å². The third kappa shape index (κ3) is 3.33. The fourth-order valence-corrected chi connectivity index (χ4v) is 2.43. The summed E-state index contributed by atoms with van der Waals surface area (Å²) in [5.74, 6) is -0.00761. The highest BCUT2D eigenvalue weighted by Crippen LogP contribution is 2.12. The van der Waals surface area contributed by atoms with E-state index in [0.29, 0.717) is 23.0 Å². The van der Waals surface area contributed by atoms with Crippen LogP contribution in [0.4, 0.5) is 5.69 Å². The standard InChI is InChI=1S/C16H12ClN7O/c17-12-4-2-11(3-5-12)9-23-10-13(8-19-23)20-15(25)14-21-16-18-6-1-7-24(16)22-14/h1-8,10H,9H2,(H,20,25). The summed E-state index contributed by atoms with van der Waals surface area (Å²) in [7, 11) is 0. The summed E-state index contributed by atoms with van der Waals surface area (Å²) in [5, 5.41) is 11.7. The molecule has 0 spiro atoms. The molecule has 0 bridgehead atoms. The third-order valence-electron chi connectivity index (χ3n) is 3.47. The highest BCUT2D eigenvalue weighted by Gasteiger charge is 2.14. The van der Waals surface area contributed by atoms with Crippen LogP contribution in [0, 0.1) is 0 Å². The van der Waals surface area contributed by atoms with Gasteiger partial charge in [-0.3, -0.25) is 9.48 Å². The number of aromatic nitrogens is 6. The lowest BCUT2D eigenvalue weighted by Crippen LogP contribution is -2.13. The number of halogens is 1. The lowest BCUT2D eigenvalue weighted by atomic mass is 10.2. The lowest BCUT2D eigenvalue weighted by Gasteiger charge is -2.01. The van der Waals surface area contributed by atoms with E-state index < -0.39 is 5.91 Å². The molecule has 3 aromatic heterocycles. The van der Waals surface area contributed by atoms with Crippen LogP contribution in [0.1, 0.15) is 16.2 Å². The third-order valence-corrected chi connectivity index (χ3v) is 3.72. The summed E-state index contributed by atoms with van der Waals surface area (Å²) < 4.78 is 3.16. The molecule has 0 radical (unpaired) electrons. The minimum Gasteiger partial charge on any atom is -0.316 e. The van der Waals surface area contributed by atoms with Gasteiger partial charge in [-0.05, 0) is 23.8 Å². The van der Waals surface area contributed by atoms with Crippen LogP contribution in [-0.4, -0.2) is 35.3 Å². The molecule has 4 rings (SSSR count). The van der Waals surface area contributed by atoms with Gasteiger partial charge in [-0.15, -0.1) is 5.10 Å². The Kier molecular flexibility index (Phi) is 3.87. The first kappa shape index (κ1) is 15.3. The lowest BCUT2D eigenvalue weighted by molar-refractivity contribution is 0.101. The zero-order valence-corrected chi connectivity index (χ0v) is 13.6. The molecule has 0 aliphatic rings. The predicted molar refractivity (Wildman–Crippen MR) is 91.5 cm³/mol. The molecule has 1 aromatic carbocycles. The average molecular weight is 354 g/mol. The molecule has 9 heteroatoms. The number of carbonyl (C=O) groups is 1. The summed E-state index contributed by atoms with van der Waals surface area (Å²) in [6, 6.07) is 9.22. The van der Waals surface area contributed by atoms with Gasteiger partial charge >= 0.3 is 0 Å². The van der Waals surface area contributed by atoms with Crippen molar-refractivity contribution in [3.63, 3.8) is 0 Å². The zero-order valence-electron chi connectivity index (χ0n) is 12.9. The van der Waals surface area contributed by atoms with E-state index in [2.05, 4.69) is 25.5 Å². The Morgan fingerprint density at radius 2 is 2.08 bits per heavy atom. The SMILES string of the molecule is O=C(Nc1cnn(Cc2ccc(Cl)cc2)c1)c1nc2ncccn2n1. The maximum Gasteiger partial charge on any atom is 0.295 e. The maximum absolute atomic E-state index is 12.3. The second-order valence-corrected chi connectivity index (χ2v) is 5.74. The fourth-order valence-electron chi connectivity index (χ4n) is 2.31. The second-order valence-electron chi connectivity index (χ2n) is 5.31. The van der Waals surface area contributed by atoms with E-state index in [-0.39, 0.29) is 5.82 Å². The van der Waals surface area contributed by atoms with Gasteiger partial charge in [0.25, 0.3) is 11.7 Å². The van der Waals surface area contributed by atoms with Gasteiger partial charge in [-0.1, -0.05) is 23.7 Å². The minimum atomic E-state index is -0.420. The molecule has 4 aromatic rings. The van der Waals surface area contributed by atoms with Gasteiger partial charge in [0.1, 0.15) is 0 Å². The number of fused-ring (bicyclic) bond motifs is 1. The summed E-state index contributed by atoms with van der Waals surface area (Å²) in [5.41, 5.74) is 1.62. The van der Waals surface area contributed by atoms with Crippen molar-refractivity contribution in [2.24, 2.45) is 0 Å². The highest BCUT2D eigenvalue weighted by molar-refractivity contribution is 6.30. The Hall–Kier alpha value is -3.26. The molecular weight excluding hydrogens is 342 g/mol. The van der Waals surface area contributed by atoms with Crippen LogP contribution >= 0.6 is 11.6 Å². The first-order valence-electron chi connectivity index (χ1n) is 7.43. The van der Waals surface area contributed by atoms with E-state index >= 15 is 0 Å². The van der Waals surface area contributed by atoms with Gasteiger partial charge in [-0.2, -0.15) is 10.1 Å². The van der Waals surface area contributed by atoms with Crippen LogP contribution in [0.2, 0.25) is 5.02 Å². The summed E-state index contributed by atoms with van der Waals surface area (Å²) in [6.07, 6.45) is 6.57. The molecule has 0 aliphatic carbocycles. The molecule has 0 atom stereocenters. The van der Waals surface area contributed by atoms with Crippen molar-refractivity contribution in [2.75, 3.05) is 5.32 Å².